The molecule has 0 saturated carbocycles. The second kappa shape index (κ2) is 4.98. The van der Waals surface area contributed by atoms with Gasteiger partial charge in [-0.25, -0.2) is 0 Å². The van der Waals surface area contributed by atoms with E-state index in [1.807, 2.05) is 12.1 Å². The molecule has 0 aliphatic heterocycles. The van der Waals surface area contributed by atoms with Crippen LogP contribution in [-0.4, -0.2) is 12.5 Å². The molecule has 0 saturated heterocycles. The number of carboxylic acids is 1. The molecule has 0 aromatic heterocycles. The van der Waals surface area contributed by atoms with Gasteiger partial charge in [-0.2, -0.15) is 0 Å². The van der Waals surface area contributed by atoms with Gasteiger partial charge in [0.05, 0.1) is 18.4 Å². The van der Waals surface area contributed by atoms with E-state index in [0.717, 1.165) is 5.56 Å². The van der Waals surface area contributed by atoms with Crippen molar-refractivity contribution < 1.29 is 15.6 Å². The number of aliphatic carboxylic acids is 1. The van der Waals surface area contributed by atoms with Gasteiger partial charge in [-0.3, -0.25) is 0 Å². The number of rotatable bonds is 4. The molecule has 0 heterocycles. The molecule has 0 radical (unpaired) electrons. The van der Waals surface area contributed by atoms with Crippen molar-refractivity contribution in [2.45, 2.75) is 6.42 Å². The Hall–Kier alpha value is -1.06. The zero-order valence-corrected chi connectivity index (χ0v) is 8.46. The molecule has 76 valence electrons. The minimum absolute atomic E-state index is 0.338. The van der Waals surface area contributed by atoms with Crippen LogP contribution >= 0.6 is 11.6 Å². The average molecular weight is 214 g/mol. The Morgan fingerprint density at radius 3 is 2.43 bits per heavy atom. The average Bonchev–Trinajstić information content (AvgIpc) is 2.16. The maximum atomic E-state index is 10.6. The van der Waals surface area contributed by atoms with Crippen molar-refractivity contribution in [3.05, 3.63) is 34.9 Å². The second-order valence-electron chi connectivity index (χ2n) is 3.14. The summed E-state index contributed by atoms with van der Waals surface area (Å²) in [5.41, 5.74) is 4.51. The molecule has 0 bridgehead atoms. The van der Waals surface area contributed by atoms with Gasteiger partial charge in [0.1, 0.15) is 0 Å². The van der Waals surface area contributed by atoms with Crippen LogP contribution in [0.4, 0.5) is 0 Å². The highest BCUT2D eigenvalue weighted by atomic mass is 35.5. The van der Waals surface area contributed by atoms with Crippen LogP contribution in [-0.2, 0) is 11.2 Å². The van der Waals surface area contributed by atoms with Crippen LogP contribution in [0, 0.1) is 5.92 Å². The van der Waals surface area contributed by atoms with Crippen molar-refractivity contribution in [1.29, 1.82) is 0 Å². The number of carbonyl (C=O) groups is 1. The number of benzene rings is 1. The fraction of sp³-hybridized carbons (Fsp3) is 0.300. The molecular weight excluding hydrogens is 202 g/mol. The van der Waals surface area contributed by atoms with Gasteiger partial charge in [0.25, 0.3) is 0 Å². The summed E-state index contributed by atoms with van der Waals surface area (Å²) in [7, 11) is 0. The zero-order chi connectivity index (χ0) is 10.6. The highest BCUT2D eigenvalue weighted by Gasteiger charge is 2.10. The molecule has 3 N–H and O–H groups in total. The van der Waals surface area contributed by atoms with Gasteiger partial charge >= 0.3 is 0 Å². The Labute approximate surface area is 87.5 Å². The van der Waals surface area contributed by atoms with E-state index in [2.05, 4.69) is 5.73 Å². The van der Waals surface area contributed by atoms with Gasteiger partial charge in [0, 0.05) is 5.02 Å². The molecule has 0 unspecified atom stereocenters. The Bertz CT molecular complexity index is 310. The molecular formula is C10H12ClNO2. The molecule has 0 aliphatic carbocycles. The van der Waals surface area contributed by atoms with E-state index in [1.165, 1.54) is 0 Å². The Morgan fingerprint density at radius 1 is 1.43 bits per heavy atom. The quantitative estimate of drug-likeness (QED) is 0.732. The third-order valence-electron chi connectivity index (χ3n) is 2.08. The van der Waals surface area contributed by atoms with Crippen molar-refractivity contribution in [2.24, 2.45) is 5.92 Å². The van der Waals surface area contributed by atoms with Crippen LogP contribution in [0.25, 0.3) is 0 Å². The van der Waals surface area contributed by atoms with Crippen LogP contribution in [0.5, 0.6) is 0 Å². The summed E-state index contributed by atoms with van der Waals surface area (Å²) in [5.74, 6) is -1.56. The third-order valence-corrected chi connectivity index (χ3v) is 2.33. The Morgan fingerprint density at radius 2 is 2.00 bits per heavy atom. The van der Waals surface area contributed by atoms with E-state index in [4.69, 9.17) is 11.6 Å². The predicted octanol–water partition coefficient (Wildman–Crippen LogP) is -0.510. The first kappa shape index (κ1) is 11.0. The third kappa shape index (κ3) is 3.01. The Balaban J connectivity index is 2.67. The number of hydrogen-bond donors (Lipinski definition) is 1. The molecule has 4 heteroatoms. The van der Waals surface area contributed by atoms with Gasteiger partial charge in [-0.1, -0.05) is 23.7 Å². The highest BCUT2D eigenvalue weighted by Crippen LogP contribution is 2.12. The minimum Gasteiger partial charge on any atom is -0.550 e. The van der Waals surface area contributed by atoms with Crippen molar-refractivity contribution in [1.82, 2.24) is 0 Å². The molecule has 1 aromatic rings. The SMILES string of the molecule is [NH3+]C[C@H](Cc1ccc(Cl)cc1)C(=O)[O-]. The summed E-state index contributed by atoms with van der Waals surface area (Å²) in [6.07, 6.45) is 0.447. The first-order chi connectivity index (χ1) is 6.63. The van der Waals surface area contributed by atoms with Gasteiger partial charge in [0.2, 0.25) is 0 Å². The molecule has 0 spiro atoms. The van der Waals surface area contributed by atoms with Crippen LogP contribution in [0.2, 0.25) is 5.02 Å². The number of hydrogen-bond acceptors (Lipinski definition) is 2. The molecule has 1 atom stereocenters. The van der Waals surface area contributed by atoms with Crippen molar-refractivity contribution in [3.8, 4) is 0 Å². The van der Waals surface area contributed by atoms with Crippen molar-refractivity contribution in [3.63, 3.8) is 0 Å². The number of carboxylic acid groups (broad SMARTS) is 1. The van der Waals surface area contributed by atoms with Crippen LogP contribution in [0.3, 0.4) is 0 Å². The van der Waals surface area contributed by atoms with Gasteiger partial charge in [-0.05, 0) is 24.1 Å². The van der Waals surface area contributed by atoms with E-state index in [1.54, 1.807) is 12.1 Å². The highest BCUT2D eigenvalue weighted by molar-refractivity contribution is 6.30. The lowest BCUT2D eigenvalue weighted by Crippen LogP contribution is -2.57. The van der Waals surface area contributed by atoms with Gasteiger partial charge in [0.15, 0.2) is 0 Å². The predicted molar refractivity (Wildman–Crippen MR) is 51.4 cm³/mol. The summed E-state index contributed by atoms with van der Waals surface area (Å²) in [5, 5.41) is 11.3. The molecule has 14 heavy (non-hydrogen) atoms. The van der Waals surface area contributed by atoms with E-state index >= 15 is 0 Å². The summed E-state index contributed by atoms with van der Waals surface area (Å²) in [4.78, 5) is 10.6. The van der Waals surface area contributed by atoms with Crippen molar-refractivity contribution in [2.75, 3.05) is 6.54 Å². The Kier molecular flexibility index (Phi) is 3.92. The molecule has 3 nitrogen and oxygen atoms in total. The molecule has 0 amide bonds. The summed E-state index contributed by atoms with van der Waals surface area (Å²) in [6.45, 7) is 0.338. The molecule has 1 rings (SSSR count). The first-order valence-electron chi connectivity index (χ1n) is 4.38. The fourth-order valence-electron chi connectivity index (χ4n) is 1.21. The number of quaternary nitrogens is 1. The summed E-state index contributed by atoms with van der Waals surface area (Å²) in [6, 6.07) is 7.11. The number of carbonyl (C=O) groups excluding carboxylic acids is 1. The fourth-order valence-corrected chi connectivity index (χ4v) is 1.33. The summed E-state index contributed by atoms with van der Waals surface area (Å²) >= 11 is 5.70. The lowest BCUT2D eigenvalue weighted by atomic mass is 10.00. The van der Waals surface area contributed by atoms with Gasteiger partial charge < -0.3 is 15.6 Å². The van der Waals surface area contributed by atoms with E-state index in [-0.39, 0.29) is 0 Å². The summed E-state index contributed by atoms with van der Waals surface area (Å²) < 4.78 is 0. The topological polar surface area (TPSA) is 67.8 Å². The van der Waals surface area contributed by atoms with Crippen LogP contribution < -0.4 is 10.8 Å². The lowest BCUT2D eigenvalue weighted by Gasteiger charge is -2.13. The minimum atomic E-state index is -1.05. The van der Waals surface area contributed by atoms with E-state index < -0.39 is 11.9 Å². The first-order valence-corrected chi connectivity index (χ1v) is 4.76. The van der Waals surface area contributed by atoms with Crippen molar-refractivity contribution >= 4 is 17.6 Å². The smallest absolute Gasteiger partial charge is 0.0824 e. The van der Waals surface area contributed by atoms with Crippen LogP contribution in [0.15, 0.2) is 24.3 Å². The largest absolute Gasteiger partial charge is 0.550 e. The monoisotopic (exact) mass is 213 g/mol. The normalized spacial score (nSPS) is 12.4. The maximum Gasteiger partial charge on any atom is 0.0824 e. The standard InChI is InChI=1S/C10H12ClNO2/c11-9-3-1-7(2-4-9)5-8(6-12)10(13)14/h1-4,8H,5-6,12H2,(H,13,14)/t8-/m0/s1. The molecule has 1 aromatic carbocycles. The second-order valence-corrected chi connectivity index (χ2v) is 3.57. The lowest BCUT2D eigenvalue weighted by molar-refractivity contribution is -0.387. The number of halogens is 1. The van der Waals surface area contributed by atoms with Gasteiger partial charge in [-0.15, -0.1) is 0 Å². The zero-order valence-electron chi connectivity index (χ0n) is 7.70. The molecule has 0 fully saturated rings. The van der Waals surface area contributed by atoms with E-state index in [0.29, 0.717) is 18.0 Å². The van der Waals surface area contributed by atoms with Crippen LogP contribution in [0.1, 0.15) is 5.56 Å². The maximum absolute atomic E-state index is 10.6. The molecule has 0 aliphatic rings. The van der Waals surface area contributed by atoms with E-state index in [9.17, 15) is 9.90 Å².